The van der Waals surface area contributed by atoms with Crippen molar-refractivity contribution in [2.45, 2.75) is 37.5 Å². The van der Waals surface area contributed by atoms with Gasteiger partial charge in [-0.1, -0.05) is 0 Å². The van der Waals surface area contributed by atoms with E-state index in [2.05, 4.69) is 6.92 Å². The molecule has 0 spiro atoms. The third kappa shape index (κ3) is 3.63. The molecule has 2 atom stereocenters. The zero-order valence-electron chi connectivity index (χ0n) is 11.0. The predicted molar refractivity (Wildman–Crippen MR) is 74.5 cm³/mol. The normalized spacial score (nSPS) is 28.0. The number of hydrogen-bond donors (Lipinski definition) is 0. The molecule has 0 aromatic rings. The standard InChI is InChI=1S/C12H21NO3S2/c1-9(10-3-4-10)13(2)12(14)7-17-11-5-6-18(15,16)8-11/h9-11H,3-8H2,1-2H3/t9-,11+/m1/s1. The van der Waals surface area contributed by atoms with E-state index in [1.54, 1.807) is 0 Å². The van der Waals surface area contributed by atoms with E-state index >= 15 is 0 Å². The van der Waals surface area contributed by atoms with Crippen molar-refractivity contribution in [2.24, 2.45) is 5.92 Å². The second-order valence-corrected chi connectivity index (χ2v) is 8.94. The molecule has 1 heterocycles. The monoisotopic (exact) mass is 291 g/mol. The van der Waals surface area contributed by atoms with Gasteiger partial charge in [0.1, 0.15) is 0 Å². The highest BCUT2D eigenvalue weighted by Crippen LogP contribution is 2.35. The lowest BCUT2D eigenvalue weighted by Crippen LogP contribution is -2.37. The fraction of sp³-hybridized carbons (Fsp3) is 0.917. The molecule has 0 radical (unpaired) electrons. The van der Waals surface area contributed by atoms with Gasteiger partial charge in [0.15, 0.2) is 9.84 Å². The SMILES string of the molecule is C[C@H](C1CC1)N(C)C(=O)CS[C@H]1CCS(=O)(=O)C1. The van der Waals surface area contributed by atoms with Gasteiger partial charge in [0, 0.05) is 18.3 Å². The lowest BCUT2D eigenvalue weighted by atomic mass is 10.2. The average molecular weight is 291 g/mol. The van der Waals surface area contributed by atoms with Crippen molar-refractivity contribution in [3.8, 4) is 0 Å². The summed E-state index contributed by atoms with van der Waals surface area (Å²) in [5.41, 5.74) is 0. The van der Waals surface area contributed by atoms with Crippen molar-refractivity contribution < 1.29 is 13.2 Å². The minimum atomic E-state index is -2.83. The van der Waals surface area contributed by atoms with Gasteiger partial charge >= 0.3 is 0 Å². The van der Waals surface area contributed by atoms with Crippen LogP contribution in [0.15, 0.2) is 0 Å². The van der Waals surface area contributed by atoms with Crippen LogP contribution in [0.4, 0.5) is 0 Å². The van der Waals surface area contributed by atoms with Crippen molar-refractivity contribution in [1.82, 2.24) is 4.90 Å². The number of nitrogens with zero attached hydrogens (tertiary/aromatic N) is 1. The Morgan fingerprint density at radius 2 is 2.06 bits per heavy atom. The molecule has 18 heavy (non-hydrogen) atoms. The first-order valence-electron chi connectivity index (χ1n) is 6.47. The molecule has 1 saturated heterocycles. The highest BCUT2D eigenvalue weighted by Gasteiger charge is 2.33. The number of carbonyl (C=O) groups is 1. The predicted octanol–water partition coefficient (Wildman–Crippen LogP) is 1.16. The molecule has 2 fully saturated rings. The Balaban J connectivity index is 1.74. The zero-order chi connectivity index (χ0) is 13.3. The van der Waals surface area contributed by atoms with E-state index in [0.29, 0.717) is 24.1 Å². The summed E-state index contributed by atoms with van der Waals surface area (Å²) in [6.45, 7) is 2.10. The van der Waals surface area contributed by atoms with Crippen LogP contribution in [0.25, 0.3) is 0 Å². The molecule has 0 N–H and O–H groups in total. The van der Waals surface area contributed by atoms with Crippen molar-refractivity contribution in [1.29, 1.82) is 0 Å². The van der Waals surface area contributed by atoms with Gasteiger partial charge in [0.05, 0.1) is 17.3 Å². The van der Waals surface area contributed by atoms with Gasteiger partial charge in [-0.15, -0.1) is 11.8 Å². The Kier molecular flexibility index (Phi) is 4.26. The highest BCUT2D eigenvalue weighted by atomic mass is 32.2. The molecule has 1 aliphatic heterocycles. The van der Waals surface area contributed by atoms with E-state index < -0.39 is 9.84 Å². The van der Waals surface area contributed by atoms with Crippen LogP contribution in [0.2, 0.25) is 0 Å². The fourth-order valence-corrected chi connectivity index (χ4v) is 5.87. The van der Waals surface area contributed by atoms with Gasteiger partial charge < -0.3 is 4.90 Å². The van der Waals surface area contributed by atoms with Crippen LogP contribution in [0, 0.1) is 5.92 Å². The van der Waals surface area contributed by atoms with Gasteiger partial charge in [0.2, 0.25) is 5.91 Å². The lowest BCUT2D eigenvalue weighted by Gasteiger charge is -2.25. The first kappa shape index (κ1) is 14.2. The third-order valence-electron chi connectivity index (χ3n) is 3.94. The number of sulfone groups is 1. The second-order valence-electron chi connectivity index (χ2n) is 5.42. The van der Waals surface area contributed by atoms with Crippen molar-refractivity contribution in [3.05, 3.63) is 0 Å². The van der Waals surface area contributed by atoms with Crippen molar-refractivity contribution >= 4 is 27.5 Å². The van der Waals surface area contributed by atoms with Crippen molar-refractivity contribution in [3.63, 3.8) is 0 Å². The summed E-state index contributed by atoms with van der Waals surface area (Å²) in [4.78, 5) is 13.8. The maximum Gasteiger partial charge on any atom is 0.232 e. The molecule has 0 bridgehead atoms. The minimum absolute atomic E-state index is 0.114. The summed E-state index contributed by atoms with van der Waals surface area (Å²) < 4.78 is 22.6. The number of carbonyl (C=O) groups excluding carboxylic acids is 1. The summed E-state index contributed by atoms with van der Waals surface area (Å²) >= 11 is 1.50. The van der Waals surface area contributed by atoms with E-state index in [1.165, 1.54) is 24.6 Å². The molecular formula is C12H21NO3S2. The quantitative estimate of drug-likeness (QED) is 0.763. The molecule has 2 aliphatic rings. The molecule has 1 aliphatic carbocycles. The Labute approximate surface area is 113 Å². The van der Waals surface area contributed by atoms with E-state index in [9.17, 15) is 13.2 Å². The summed E-state index contributed by atoms with van der Waals surface area (Å²) in [5, 5.41) is 0.114. The summed E-state index contributed by atoms with van der Waals surface area (Å²) in [7, 11) is -0.971. The number of rotatable bonds is 5. The van der Waals surface area contributed by atoms with Gasteiger partial charge in [-0.3, -0.25) is 4.79 Å². The van der Waals surface area contributed by atoms with Crippen LogP contribution in [-0.2, 0) is 14.6 Å². The largest absolute Gasteiger partial charge is 0.342 e. The Morgan fingerprint density at radius 3 is 2.56 bits per heavy atom. The number of thioether (sulfide) groups is 1. The minimum Gasteiger partial charge on any atom is -0.342 e. The fourth-order valence-electron chi connectivity index (χ4n) is 2.31. The summed E-state index contributed by atoms with van der Waals surface area (Å²) in [5.74, 6) is 1.74. The maximum atomic E-state index is 12.0. The Morgan fingerprint density at radius 1 is 1.39 bits per heavy atom. The lowest BCUT2D eigenvalue weighted by molar-refractivity contribution is -0.129. The van der Waals surface area contributed by atoms with Gasteiger partial charge in [-0.05, 0) is 32.1 Å². The maximum absolute atomic E-state index is 12.0. The van der Waals surface area contributed by atoms with Gasteiger partial charge in [0.25, 0.3) is 0 Å². The first-order chi connectivity index (χ1) is 8.39. The van der Waals surface area contributed by atoms with E-state index in [4.69, 9.17) is 0 Å². The summed E-state index contributed by atoms with van der Waals surface area (Å²) in [6, 6.07) is 0.324. The van der Waals surface area contributed by atoms with Crippen LogP contribution in [0.5, 0.6) is 0 Å². The molecule has 2 rings (SSSR count). The molecular weight excluding hydrogens is 270 g/mol. The van der Waals surface area contributed by atoms with E-state index in [1.807, 2.05) is 11.9 Å². The van der Waals surface area contributed by atoms with E-state index in [-0.39, 0.29) is 22.7 Å². The van der Waals surface area contributed by atoms with Crippen LogP contribution in [0.3, 0.4) is 0 Å². The Hall–Kier alpha value is -0.230. The third-order valence-corrected chi connectivity index (χ3v) is 7.21. The summed E-state index contributed by atoms with van der Waals surface area (Å²) in [6.07, 6.45) is 3.15. The number of hydrogen-bond acceptors (Lipinski definition) is 4. The molecule has 4 nitrogen and oxygen atoms in total. The van der Waals surface area contributed by atoms with Gasteiger partial charge in [-0.2, -0.15) is 0 Å². The molecule has 0 aromatic heterocycles. The molecule has 0 unspecified atom stereocenters. The molecule has 0 aromatic carbocycles. The Bertz CT molecular complexity index is 417. The van der Waals surface area contributed by atoms with Crippen LogP contribution in [0.1, 0.15) is 26.2 Å². The topological polar surface area (TPSA) is 54.5 Å². The molecule has 104 valence electrons. The van der Waals surface area contributed by atoms with E-state index in [0.717, 1.165) is 0 Å². The first-order valence-corrected chi connectivity index (χ1v) is 9.34. The molecule has 6 heteroatoms. The zero-order valence-corrected chi connectivity index (χ0v) is 12.6. The number of amides is 1. The van der Waals surface area contributed by atoms with Crippen LogP contribution in [-0.4, -0.2) is 54.8 Å². The molecule has 1 saturated carbocycles. The van der Waals surface area contributed by atoms with Gasteiger partial charge in [-0.25, -0.2) is 8.42 Å². The van der Waals surface area contributed by atoms with Crippen molar-refractivity contribution in [2.75, 3.05) is 24.3 Å². The van der Waals surface area contributed by atoms with Crippen LogP contribution < -0.4 is 0 Å². The second kappa shape index (κ2) is 5.41. The average Bonchev–Trinajstić information content (AvgIpc) is 3.09. The molecule has 1 amide bonds. The smallest absolute Gasteiger partial charge is 0.232 e. The van der Waals surface area contributed by atoms with Crippen LogP contribution >= 0.6 is 11.8 Å². The highest BCUT2D eigenvalue weighted by molar-refractivity contribution is 8.02.